The predicted molar refractivity (Wildman–Crippen MR) is 96.6 cm³/mol. The molecule has 23 heavy (non-hydrogen) atoms. The molecule has 7 heteroatoms. The van der Waals surface area contributed by atoms with E-state index in [0.717, 1.165) is 10.0 Å². The van der Waals surface area contributed by atoms with Gasteiger partial charge in [0.2, 0.25) is 0 Å². The summed E-state index contributed by atoms with van der Waals surface area (Å²) in [4.78, 5) is 11.7. The van der Waals surface area contributed by atoms with Gasteiger partial charge in [-0.3, -0.25) is 4.79 Å². The number of hydrazone groups is 1. The third-order valence-electron chi connectivity index (χ3n) is 2.83. The number of ether oxygens (including phenoxy) is 1. The third-order valence-corrected chi connectivity index (χ3v) is 4.11. The molecule has 0 unspecified atom stereocenters. The van der Waals surface area contributed by atoms with Crippen LogP contribution in [0.25, 0.3) is 0 Å². The molecule has 0 saturated heterocycles. The van der Waals surface area contributed by atoms with Crippen molar-refractivity contribution in [3.63, 3.8) is 0 Å². The van der Waals surface area contributed by atoms with Gasteiger partial charge in [0.05, 0.1) is 20.7 Å². The molecule has 0 saturated carbocycles. The van der Waals surface area contributed by atoms with Crippen molar-refractivity contribution >= 4 is 51.3 Å². The topological polar surface area (TPSA) is 50.7 Å². The Labute approximate surface area is 152 Å². The van der Waals surface area contributed by atoms with Crippen LogP contribution >= 0.6 is 39.1 Å². The van der Waals surface area contributed by atoms with Crippen LogP contribution in [0.1, 0.15) is 11.1 Å². The van der Waals surface area contributed by atoms with Crippen LogP contribution in [0.3, 0.4) is 0 Å². The second kappa shape index (κ2) is 8.34. The van der Waals surface area contributed by atoms with Gasteiger partial charge in [0.15, 0.2) is 6.61 Å². The molecule has 1 N–H and O–H groups in total. The molecule has 0 aliphatic rings. The van der Waals surface area contributed by atoms with Crippen molar-refractivity contribution in [2.24, 2.45) is 5.10 Å². The smallest absolute Gasteiger partial charge is 0.277 e. The maximum absolute atomic E-state index is 11.7. The van der Waals surface area contributed by atoms with Crippen LogP contribution in [0.4, 0.5) is 0 Å². The lowest BCUT2D eigenvalue weighted by molar-refractivity contribution is -0.123. The van der Waals surface area contributed by atoms with Gasteiger partial charge in [-0.25, -0.2) is 5.43 Å². The molecule has 0 radical (unpaired) electrons. The number of aryl methyl sites for hydroxylation is 1. The van der Waals surface area contributed by atoms with E-state index in [1.807, 2.05) is 19.1 Å². The Bertz CT molecular complexity index is 731. The highest BCUT2D eigenvalue weighted by Gasteiger charge is 2.06. The van der Waals surface area contributed by atoms with Gasteiger partial charge in [-0.05, 0) is 52.7 Å². The zero-order valence-electron chi connectivity index (χ0n) is 12.1. The lowest BCUT2D eigenvalue weighted by Crippen LogP contribution is -2.24. The quantitative estimate of drug-likeness (QED) is 0.573. The van der Waals surface area contributed by atoms with E-state index in [1.54, 1.807) is 24.3 Å². The van der Waals surface area contributed by atoms with Gasteiger partial charge < -0.3 is 4.74 Å². The average molecular weight is 416 g/mol. The van der Waals surface area contributed by atoms with Crippen molar-refractivity contribution in [2.75, 3.05) is 6.61 Å². The number of benzene rings is 2. The summed E-state index contributed by atoms with van der Waals surface area (Å²) in [6, 6.07) is 10.7. The van der Waals surface area contributed by atoms with Gasteiger partial charge in [0.25, 0.3) is 5.91 Å². The number of carbonyl (C=O) groups is 1. The Morgan fingerprint density at radius 1 is 1.30 bits per heavy atom. The Morgan fingerprint density at radius 3 is 2.65 bits per heavy atom. The van der Waals surface area contributed by atoms with Crippen molar-refractivity contribution in [3.8, 4) is 5.75 Å². The summed E-state index contributed by atoms with van der Waals surface area (Å²) in [5.41, 5.74) is 3.99. The Morgan fingerprint density at radius 2 is 2.00 bits per heavy atom. The van der Waals surface area contributed by atoms with Crippen LogP contribution in [0, 0.1) is 6.92 Å². The summed E-state index contributed by atoms with van der Waals surface area (Å²) >= 11 is 15.4. The van der Waals surface area contributed by atoms with Crippen LogP contribution in [0.5, 0.6) is 5.75 Å². The molecule has 2 aromatic rings. The molecular weight excluding hydrogens is 403 g/mol. The number of nitrogens with zero attached hydrogens (tertiary/aromatic N) is 1. The SMILES string of the molecule is Cc1ccc(OCC(=O)NN=Cc2c(Cl)cccc2Cl)c(Br)c1. The molecule has 0 heterocycles. The molecule has 0 aromatic heterocycles. The van der Waals surface area contributed by atoms with E-state index in [0.29, 0.717) is 21.4 Å². The predicted octanol–water partition coefficient (Wildman–Crippen LogP) is 4.59. The lowest BCUT2D eigenvalue weighted by atomic mass is 10.2. The van der Waals surface area contributed by atoms with Crippen molar-refractivity contribution in [1.82, 2.24) is 5.43 Å². The Hall–Kier alpha value is -1.56. The molecule has 4 nitrogen and oxygen atoms in total. The fourth-order valence-corrected chi connectivity index (χ4v) is 2.80. The van der Waals surface area contributed by atoms with Crippen molar-refractivity contribution in [1.29, 1.82) is 0 Å². The fraction of sp³-hybridized carbons (Fsp3) is 0.125. The number of rotatable bonds is 5. The van der Waals surface area contributed by atoms with Crippen molar-refractivity contribution in [3.05, 3.63) is 62.0 Å². The zero-order chi connectivity index (χ0) is 16.8. The Balaban J connectivity index is 1.89. The molecule has 0 aliphatic carbocycles. The molecule has 0 bridgehead atoms. The van der Waals surface area contributed by atoms with Gasteiger partial charge in [0.1, 0.15) is 5.75 Å². The van der Waals surface area contributed by atoms with E-state index >= 15 is 0 Å². The van der Waals surface area contributed by atoms with Crippen LogP contribution < -0.4 is 10.2 Å². The normalized spacial score (nSPS) is 10.8. The highest BCUT2D eigenvalue weighted by Crippen LogP contribution is 2.25. The van der Waals surface area contributed by atoms with E-state index < -0.39 is 5.91 Å². The van der Waals surface area contributed by atoms with Crippen LogP contribution in [0.2, 0.25) is 10.0 Å². The average Bonchev–Trinajstić information content (AvgIpc) is 2.49. The van der Waals surface area contributed by atoms with Crippen LogP contribution in [-0.4, -0.2) is 18.7 Å². The van der Waals surface area contributed by atoms with Crippen molar-refractivity contribution in [2.45, 2.75) is 6.92 Å². The summed E-state index contributed by atoms with van der Waals surface area (Å²) in [7, 11) is 0. The first kappa shape index (κ1) is 17.8. The first-order chi connectivity index (χ1) is 11.0. The van der Waals surface area contributed by atoms with Gasteiger partial charge in [0, 0.05) is 5.56 Å². The monoisotopic (exact) mass is 414 g/mol. The second-order valence-corrected chi connectivity index (χ2v) is 6.32. The minimum absolute atomic E-state index is 0.157. The minimum atomic E-state index is -0.392. The summed E-state index contributed by atoms with van der Waals surface area (Å²) in [5.74, 6) is 0.195. The zero-order valence-corrected chi connectivity index (χ0v) is 15.2. The van der Waals surface area contributed by atoms with Gasteiger partial charge in [-0.2, -0.15) is 5.10 Å². The molecule has 2 rings (SSSR count). The number of amides is 1. The summed E-state index contributed by atoms with van der Waals surface area (Å²) in [6.45, 7) is 1.81. The summed E-state index contributed by atoms with van der Waals surface area (Å²) in [6.07, 6.45) is 1.39. The minimum Gasteiger partial charge on any atom is -0.483 e. The van der Waals surface area contributed by atoms with Crippen LogP contribution in [-0.2, 0) is 4.79 Å². The molecular formula is C16H13BrCl2N2O2. The maximum atomic E-state index is 11.7. The van der Waals surface area contributed by atoms with E-state index in [4.69, 9.17) is 27.9 Å². The molecule has 1 amide bonds. The van der Waals surface area contributed by atoms with Gasteiger partial charge in [-0.1, -0.05) is 35.3 Å². The van der Waals surface area contributed by atoms with Crippen molar-refractivity contribution < 1.29 is 9.53 Å². The second-order valence-electron chi connectivity index (χ2n) is 4.65. The van der Waals surface area contributed by atoms with E-state index in [-0.39, 0.29) is 6.61 Å². The number of hydrogen-bond acceptors (Lipinski definition) is 3. The van der Waals surface area contributed by atoms with E-state index in [2.05, 4.69) is 26.5 Å². The Kier molecular flexibility index (Phi) is 6.45. The van der Waals surface area contributed by atoms with E-state index in [1.165, 1.54) is 6.21 Å². The molecule has 0 atom stereocenters. The highest BCUT2D eigenvalue weighted by atomic mass is 79.9. The first-order valence-electron chi connectivity index (χ1n) is 6.62. The molecule has 0 aliphatic heterocycles. The van der Waals surface area contributed by atoms with Gasteiger partial charge >= 0.3 is 0 Å². The van der Waals surface area contributed by atoms with Gasteiger partial charge in [-0.15, -0.1) is 0 Å². The summed E-state index contributed by atoms with van der Waals surface area (Å²) < 4.78 is 6.21. The number of nitrogens with one attached hydrogen (secondary N) is 1. The highest BCUT2D eigenvalue weighted by molar-refractivity contribution is 9.10. The summed E-state index contributed by atoms with van der Waals surface area (Å²) in [5, 5.41) is 4.73. The largest absolute Gasteiger partial charge is 0.483 e. The molecule has 2 aromatic carbocycles. The van der Waals surface area contributed by atoms with Crippen LogP contribution in [0.15, 0.2) is 46.0 Å². The maximum Gasteiger partial charge on any atom is 0.277 e. The standard InChI is InChI=1S/C16H13BrCl2N2O2/c1-10-5-6-15(12(17)7-10)23-9-16(22)21-20-8-11-13(18)3-2-4-14(11)19/h2-8H,9H2,1H3,(H,21,22). The number of carbonyl (C=O) groups excluding carboxylic acids is 1. The fourth-order valence-electron chi connectivity index (χ4n) is 1.70. The molecule has 120 valence electrons. The molecule has 0 spiro atoms. The first-order valence-corrected chi connectivity index (χ1v) is 8.17. The number of halogens is 3. The lowest BCUT2D eigenvalue weighted by Gasteiger charge is -2.07. The van der Waals surface area contributed by atoms with E-state index in [9.17, 15) is 4.79 Å². The third kappa shape index (κ3) is 5.23. The molecule has 0 fully saturated rings. The number of hydrogen-bond donors (Lipinski definition) is 1.